The van der Waals surface area contributed by atoms with E-state index in [0.29, 0.717) is 5.92 Å². The largest absolute Gasteiger partial charge is 0.481 e. The molecule has 0 amide bonds. The fraction of sp³-hybridized carbons (Fsp3) is 0.333. The summed E-state index contributed by atoms with van der Waals surface area (Å²) in [6, 6.07) is 7.89. The number of nitrogens with zero attached hydrogens (tertiary/aromatic N) is 1. The summed E-state index contributed by atoms with van der Waals surface area (Å²) in [6.07, 6.45) is 1.59. The van der Waals surface area contributed by atoms with E-state index < -0.39 is 5.97 Å². The van der Waals surface area contributed by atoms with Crippen LogP contribution in [-0.4, -0.2) is 21.6 Å². The summed E-state index contributed by atoms with van der Waals surface area (Å²) in [5.41, 5.74) is 2.06. The Bertz CT molecular complexity index is 625. The molecule has 2 aromatic rings. The smallest absolute Gasteiger partial charge is 0.303 e. The van der Waals surface area contributed by atoms with Gasteiger partial charge in [-0.3, -0.25) is 14.2 Å². The molecule has 0 saturated carbocycles. The highest BCUT2D eigenvalue weighted by molar-refractivity contribution is 5.93. The first-order valence-electron chi connectivity index (χ1n) is 6.35. The Balaban J connectivity index is 2.30. The van der Waals surface area contributed by atoms with Gasteiger partial charge in [-0.05, 0) is 29.7 Å². The van der Waals surface area contributed by atoms with Crippen LogP contribution in [0, 0.1) is 0 Å². The van der Waals surface area contributed by atoms with Crippen molar-refractivity contribution in [1.29, 1.82) is 0 Å². The lowest BCUT2D eigenvalue weighted by molar-refractivity contribution is -0.136. The zero-order valence-electron chi connectivity index (χ0n) is 11.1. The predicted molar refractivity (Wildman–Crippen MR) is 73.5 cm³/mol. The molecule has 0 aliphatic heterocycles. The molecule has 0 unspecified atom stereocenters. The van der Waals surface area contributed by atoms with Crippen molar-refractivity contribution in [3.63, 3.8) is 0 Å². The second-order valence-corrected chi connectivity index (χ2v) is 4.95. The van der Waals surface area contributed by atoms with Gasteiger partial charge in [-0.1, -0.05) is 19.9 Å². The highest BCUT2D eigenvalue weighted by atomic mass is 16.4. The summed E-state index contributed by atoms with van der Waals surface area (Å²) >= 11 is 0. The van der Waals surface area contributed by atoms with Crippen molar-refractivity contribution in [2.75, 3.05) is 0 Å². The number of rotatable bonds is 4. The van der Waals surface area contributed by atoms with E-state index in [0.717, 1.165) is 10.9 Å². The molecule has 0 fully saturated rings. The molecular formula is C15H17NO3. The minimum atomic E-state index is -0.952. The van der Waals surface area contributed by atoms with Crippen LogP contribution in [0.25, 0.3) is 10.9 Å². The average Bonchev–Trinajstić information content (AvgIpc) is 2.78. The molecule has 0 bridgehead atoms. The van der Waals surface area contributed by atoms with Crippen LogP contribution in [0.1, 0.15) is 43.0 Å². The molecule has 4 heteroatoms. The van der Waals surface area contributed by atoms with Crippen molar-refractivity contribution < 1.29 is 14.7 Å². The third kappa shape index (κ3) is 2.84. The van der Waals surface area contributed by atoms with Gasteiger partial charge >= 0.3 is 5.97 Å². The lowest BCUT2D eigenvalue weighted by Crippen LogP contribution is -2.11. The van der Waals surface area contributed by atoms with Crippen LogP contribution in [-0.2, 0) is 4.79 Å². The van der Waals surface area contributed by atoms with Crippen molar-refractivity contribution in [2.45, 2.75) is 32.6 Å². The molecular weight excluding hydrogens is 242 g/mol. The minimum absolute atomic E-state index is 0.0189. The van der Waals surface area contributed by atoms with Gasteiger partial charge < -0.3 is 5.11 Å². The van der Waals surface area contributed by atoms with Crippen molar-refractivity contribution in [3.05, 3.63) is 36.0 Å². The SMILES string of the molecule is CC(C)c1ccc2c(ccn2C(=O)CCC(=O)O)c1. The maximum absolute atomic E-state index is 11.9. The van der Waals surface area contributed by atoms with E-state index >= 15 is 0 Å². The first-order chi connectivity index (χ1) is 8.99. The van der Waals surface area contributed by atoms with Crippen molar-refractivity contribution in [1.82, 2.24) is 4.57 Å². The van der Waals surface area contributed by atoms with Gasteiger partial charge in [0.1, 0.15) is 0 Å². The Hall–Kier alpha value is -2.10. The highest BCUT2D eigenvalue weighted by Crippen LogP contribution is 2.22. The Morgan fingerprint density at radius 3 is 2.58 bits per heavy atom. The molecule has 100 valence electrons. The Kier molecular flexibility index (Phi) is 3.69. The van der Waals surface area contributed by atoms with Gasteiger partial charge in [0.15, 0.2) is 0 Å². The van der Waals surface area contributed by atoms with Crippen LogP contribution in [0.3, 0.4) is 0 Å². The fourth-order valence-corrected chi connectivity index (χ4v) is 2.07. The Labute approximate surface area is 111 Å². The monoisotopic (exact) mass is 259 g/mol. The van der Waals surface area contributed by atoms with Gasteiger partial charge in [0.05, 0.1) is 11.9 Å². The van der Waals surface area contributed by atoms with Crippen molar-refractivity contribution in [2.24, 2.45) is 0 Å². The molecule has 4 nitrogen and oxygen atoms in total. The first-order valence-corrected chi connectivity index (χ1v) is 6.35. The van der Waals surface area contributed by atoms with Gasteiger partial charge in [0.2, 0.25) is 5.91 Å². The van der Waals surface area contributed by atoms with E-state index in [4.69, 9.17) is 5.11 Å². The highest BCUT2D eigenvalue weighted by Gasteiger charge is 2.11. The zero-order valence-corrected chi connectivity index (χ0v) is 11.1. The quantitative estimate of drug-likeness (QED) is 0.916. The van der Waals surface area contributed by atoms with E-state index in [2.05, 4.69) is 19.9 Å². The second-order valence-electron chi connectivity index (χ2n) is 4.95. The van der Waals surface area contributed by atoms with Gasteiger partial charge in [-0.2, -0.15) is 0 Å². The molecule has 0 radical (unpaired) electrons. The molecule has 1 heterocycles. The van der Waals surface area contributed by atoms with E-state index in [1.54, 1.807) is 6.20 Å². The lowest BCUT2D eigenvalue weighted by Gasteiger charge is -2.07. The number of hydrogen-bond acceptors (Lipinski definition) is 2. The second kappa shape index (κ2) is 5.26. The number of aliphatic carboxylic acids is 1. The van der Waals surface area contributed by atoms with Gasteiger partial charge in [-0.25, -0.2) is 0 Å². The van der Waals surface area contributed by atoms with Gasteiger partial charge in [0.25, 0.3) is 0 Å². The number of benzene rings is 1. The van der Waals surface area contributed by atoms with Crippen LogP contribution in [0.2, 0.25) is 0 Å². The van der Waals surface area contributed by atoms with E-state index in [1.807, 2.05) is 18.2 Å². The third-order valence-corrected chi connectivity index (χ3v) is 3.20. The Morgan fingerprint density at radius 2 is 1.95 bits per heavy atom. The number of carboxylic acids is 1. The van der Waals surface area contributed by atoms with E-state index in [1.165, 1.54) is 10.1 Å². The fourth-order valence-electron chi connectivity index (χ4n) is 2.07. The summed E-state index contributed by atoms with van der Waals surface area (Å²) in [5, 5.41) is 9.62. The number of hydrogen-bond donors (Lipinski definition) is 1. The van der Waals surface area contributed by atoms with Crippen LogP contribution in [0.5, 0.6) is 0 Å². The standard InChI is InChI=1S/C15H17NO3/c1-10(2)11-3-4-13-12(9-11)7-8-16(13)14(17)5-6-15(18)19/h3-4,7-10H,5-6H2,1-2H3,(H,18,19). The molecule has 0 atom stereocenters. The van der Waals surface area contributed by atoms with Crippen molar-refractivity contribution >= 4 is 22.8 Å². The molecule has 2 rings (SSSR count). The summed E-state index contributed by atoms with van der Waals surface area (Å²) in [5.74, 6) is -0.697. The van der Waals surface area contributed by atoms with Crippen LogP contribution < -0.4 is 0 Å². The number of carboxylic acid groups (broad SMARTS) is 1. The third-order valence-electron chi connectivity index (χ3n) is 3.20. The predicted octanol–water partition coefficient (Wildman–Crippen LogP) is 3.27. The molecule has 0 aliphatic carbocycles. The normalized spacial score (nSPS) is 11.1. The van der Waals surface area contributed by atoms with Gasteiger partial charge in [0, 0.05) is 18.0 Å². The summed E-state index contributed by atoms with van der Waals surface area (Å²) in [4.78, 5) is 22.4. The van der Waals surface area contributed by atoms with Crippen LogP contribution in [0.15, 0.2) is 30.5 Å². The van der Waals surface area contributed by atoms with E-state index in [9.17, 15) is 9.59 Å². The van der Waals surface area contributed by atoms with E-state index in [-0.39, 0.29) is 18.7 Å². The molecule has 1 aromatic heterocycles. The lowest BCUT2D eigenvalue weighted by atomic mass is 10.0. The summed E-state index contributed by atoms with van der Waals surface area (Å²) in [7, 11) is 0. The number of carbonyl (C=O) groups is 2. The van der Waals surface area contributed by atoms with Crippen LogP contribution >= 0.6 is 0 Å². The first kappa shape index (κ1) is 13.3. The maximum atomic E-state index is 11.9. The number of carbonyl (C=O) groups excluding carboxylic acids is 1. The molecule has 0 spiro atoms. The molecule has 0 aliphatic rings. The summed E-state index contributed by atoms with van der Waals surface area (Å²) in [6.45, 7) is 4.24. The average molecular weight is 259 g/mol. The number of aromatic nitrogens is 1. The van der Waals surface area contributed by atoms with Crippen LogP contribution in [0.4, 0.5) is 0 Å². The van der Waals surface area contributed by atoms with Crippen molar-refractivity contribution in [3.8, 4) is 0 Å². The Morgan fingerprint density at radius 1 is 1.21 bits per heavy atom. The maximum Gasteiger partial charge on any atom is 0.303 e. The van der Waals surface area contributed by atoms with Gasteiger partial charge in [-0.15, -0.1) is 0 Å². The topological polar surface area (TPSA) is 59.3 Å². The molecule has 1 N–H and O–H groups in total. The molecule has 19 heavy (non-hydrogen) atoms. The molecule has 0 saturated heterocycles. The molecule has 1 aromatic carbocycles. The number of fused-ring (bicyclic) bond motifs is 1. The summed E-state index contributed by atoms with van der Waals surface area (Å²) < 4.78 is 1.53. The minimum Gasteiger partial charge on any atom is -0.481 e. The zero-order chi connectivity index (χ0) is 14.0.